The number of thiophene rings is 1. The highest BCUT2D eigenvalue weighted by Crippen LogP contribution is 2.35. The van der Waals surface area contributed by atoms with E-state index in [-0.39, 0.29) is 17.6 Å². The van der Waals surface area contributed by atoms with Gasteiger partial charge in [0.1, 0.15) is 5.52 Å². The van der Waals surface area contributed by atoms with Crippen molar-refractivity contribution < 1.29 is 9.59 Å². The molecule has 188 valence electrons. The highest BCUT2D eigenvalue weighted by Gasteiger charge is 2.18. The lowest BCUT2D eigenvalue weighted by molar-refractivity contribution is -0.118. The molecule has 1 amide bonds. The number of aromatic nitrogens is 6. The predicted octanol–water partition coefficient (Wildman–Crippen LogP) is 6.09. The monoisotopic (exact) mass is 521 g/mol. The molecular formula is C28H23N7O2S. The summed E-state index contributed by atoms with van der Waals surface area (Å²) in [4.78, 5) is 43.0. The highest BCUT2D eigenvalue weighted by molar-refractivity contribution is 7.17. The minimum absolute atomic E-state index is 0.0454. The number of ketones is 1. The number of amides is 1. The fraction of sp³-hybridized carbons (Fsp3) is 0.143. The topological polar surface area (TPSA) is 129 Å². The number of fused-ring (bicyclic) bond motifs is 2. The van der Waals surface area contributed by atoms with Gasteiger partial charge in [0.25, 0.3) is 0 Å². The average Bonchev–Trinajstić information content (AvgIpc) is 3.66. The summed E-state index contributed by atoms with van der Waals surface area (Å²) in [6, 6.07) is 15.4. The molecule has 10 heteroatoms. The molecule has 0 aliphatic carbocycles. The van der Waals surface area contributed by atoms with Crippen LogP contribution in [0.1, 0.15) is 30.4 Å². The molecule has 1 aromatic carbocycles. The van der Waals surface area contributed by atoms with Gasteiger partial charge in [-0.05, 0) is 43.3 Å². The molecule has 3 N–H and O–H groups in total. The fourth-order valence-corrected chi connectivity index (χ4v) is 5.10. The number of anilines is 1. The lowest BCUT2D eigenvalue weighted by Crippen LogP contribution is -2.17. The number of nitrogens with zero attached hydrogens (tertiary/aromatic N) is 4. The summed E-state index contributed by atoms with van der Waals surface area (Å²) in [6.45, 7) is 5.25. The van der Waals surface area contributed by atoms with E-state index in [1.165, 1.54) is 11.3 Å². The Morgan fingerprint density at radius 3 is 2.63 bits per heavy atom. The van der Waals surface area contributed by atoms with E-state index in [2.05, 4.69) is 25.5 Å². The molecule has 5 heterocycles. The summed E-state index contributed by atoms with van der Waals surface area (Å²) >= 11 is 1.45. The van der Waals surface area contributed by atoms with E-state index in [9.17, 15) is 9.59 Å². The maximum Gasteiger partial charge on any atom is 0.226 e. The molecule has 0 spiro atoms. The first-order valence-electron chi connectivity index (χ1n) is 12.1. The summed E-state index contributed by atoms with van der Waals surface area (Å²) in [6.07, 6.45) is 3.33. The zero-order chi connectivity index (χ0) is 26.4. The number of Topliss-reactive ketones (excluding diaryl/α,β-unsaturated/α-hetero) is 1. The zero-order valence-electron chi connectivity index (χ0n) is 20.9. The van der Waals surface area contributed by atoms with Crippen LogP contribution in [0.2, 0.25) is 0 Å². The third-order valence-corrected chi connectivity index (χ3v) is 7.41. The van der Waals surface area contributed by atoms with Crippen LogP contribution in [-0.2, 0) is 4.79 Å². The van der Waals surface area contributed by atoms with E-state index < -0.39 is 0 Å². The fourth-order valence-electron chi connectivity index (χ4n) is 4.17. The van der Waals surface area contributed by atoms with Crippen LogP contribution in [-0.4, -0.2) is 41.8 Å². The van der Waals surface area contributed by atoms with E-state index >= 15 is 0 Å². The average molecular weight is 522 g/mol. The zero-order valence-corrected chi connectivity index (χ0v) is 21.7. The SMILES string of the molecule is CC(=O)c1ccc(-c2cccc3[nH]c(-c4n[nH]c5ccc(-c6cncc(NC(=O)C(C)C)c6)nc45)nc23)s1. The minimum Gasteiger partial charge on any atom is -0.336 e. The summed E-state index contributed by atoms with van der Waals surface area (Å²) in [5.41, 5.74) is 6.71. The molecule has 0 aliphatic heterocycles. The Morgan fingerprint density at radius 1 is 0.974 bits per heavy atom. The van der Waals surface area contributed by atoms with Crippen LogP contribution in [0.3, 0.4) is 0 Å². The number of aromatic amines is 2. The second-order valence-electron chi connectivity index (χ2n) is 9.28. The van der Waals surface area contributed by atoms with Crippen molar-refractivity contribution in [2.45, 2.75) is 20.8 Å². The van der Waals surface area contributed by atoms with Gasteiger partial charge in [-0.2, -0.15) is 5.10 Å². The quantitative estimate of drug-likeness (QED) is 0.228. The van der Waals surface area contributed by atoms with Crippen LogP contribution in [0.4, 0.5) is 5.69 Å². The second kappa shape index (κ2) is 9.31. The summed E-state index contributed by atoms with van der Waals surface area (Å²) in [5.74, 6) is 0.419. The molecule has 6 aromatic rings. The van der Waals surface area contributed by atoms with Gasteiger partial charge < -0.3 is 10.3 Å². The molecule has 5 aromatic heterocycles. The molecule has 0 saturated heterocycles. The number of hydrogen-bond acceptors (Lipinski definition) is 7. The number of nitrogens with one attached hydrogen (secondary N) is 3. The number of carbonyl (C=O) groups excluding carboxylic acids is 2. The molecule has 0 radical (unpaired) electrons. The van der Waals surface area contributed by atoms with Crippen molar-refractivity contribution in [3.8, 4) is 33.2 Å². The predicted molar refractivity (Wildman–Crippen MR) is 149 cm³/mol. The first-order valence-corrected chi connectivity index (χ1v) is 12.9. The van der Waals surface area contributed by atoms with Gasteiger partial charge in [0.2, 0.25) is 5.91 Å². The van der Waals surface area contributed by atoms with E-state index in [1.54, 1.807) is 19.3 Å². The number of benzene rings is 1. The smallest absolute Gasteiger partial charge is 0.226 e. The number of H-pyrrole nitrogens is 2. The maximum absolute atomic E-state index is 12.1. The first-order chi connectivity index (χ1) is 18.4. The standard InChI is InChI=1S/C28H23N7O2S/c1-14(2)28(37)30-17-11-16(12-29-13-17)19-7-8-21-25(31-19)26(35-34-21)27-32-20-6-4-5-18(24(20)33-27)23-10-9-22(38-23)15(3)36/h4-14H,1-3H3,(H,30,37)(H,32,33)(H,34,35). The van der Waals surface area contributed by atoms with Gasteiger partial charge in [-0.1, -0.05) is 26.0 Å². The van der Waals surface area contributed by atoms with Gasteiger partial charge in [-0.15, -0.1) is 11.3 Å². The van der Waals surface area contributed by atoms with Crippen molar-refractivity contribution in [2.24, 2.45) is 5.92 Å². The van der Waals surface area contributed by atoms with E-state index in [4.69, 9.17) is 9.97 Å². The van der Waals surface area contributed by atoms with Crippen LogP contribution in [0.25, 0.3) is 55.3 Å². The van der Waals surface area contributed by atoms with Gasteiger partial charge in [0, 0.05) is 28.1 Å². The summed E-state index contributed by atoms with van der Waals surface area (Å²) < 4.78 is 0. The van der Waals surface area contributed by atoms with Crippen molar-refractivity contribution in [3.05, 3.63) is 65.8 Å². The number of para-hydroxylation sites is 1. The number of pyridine rings is 2. The van der Waals surface area contributed by atoms with E-state index in [1.807, 2.05) is 62.4 Å². The summed E-state index contributed by atoms with van der Waals surface area (Å²) in [7, 11) is 0. The third-order valence-electron chi connectivity index (χ3n) is 6.19. The molecule has 6 rings (SSSR count). The van der Waals surface area contributed by atoms with Gasteiger partial charge in [-0.25, -0.2) is 9.97 Å². The largest absolute Gasteiger partial charge is 0.336 e. The van der Waals surface area contributed by atoms with Crippen molar-refractivity contribution in [2.75, 3.05) is 5.32 Å². The van der Waals surface area contributed by atoms with Crippen molar-refractivity contribution in [3.63, 3.8) is 0 Å². The Morgan fingerprint density at radius 2 is 1.84 bits per heavy atom. The van der Waals surface area contributed by atoms with Crippen LogP contribution in [0.5, 0.6) is 0 Å². The maximum atomic E-state index is 12.1. The molecular weight excluding hydrogens is 498 g/mol. The molecule has 0 saturated carbocycles. The van der Waals surface area contributed by atoms with Crippen LogP contribution < -0.4 is 5.32 Å². The second-order valence-corrected chi connectivity index (χ2v) is 10.4. The Balaban J connectivity index is 1.40. The number of carbonyl (C=O) groups is 2. The number of rotatable bonds is 6. The number of hydrogen-bond donors (Lipinski definition) is 3. The van der Waals surface area contributed by atoms with E-state index in [0.29, 0.717) is 33.3 Å². The van der Waals surface area contributed by atoms with Crippen LogP contribution in [0.15, 0.2) is 60.9 Å². The third kappa shape index (κ3) is 4.24. The van der Waals surface area contributed by atoms with E-state index in [0.717, 1.165) is 32.6 Å². The normalized spacial score (nSPS) is 11.5. The molecule has 0 bridgehead atoms. The van der Waals surface area contributed by atoms with Gasteiger partial charge >= 0.3 is 0 Å². The Bertz CT molecular complexity index is 1850. The first kappa shape index (κ1) is 23.7. The Kier molecular flexibility index (Phi) is 5.80. The highest BCUT2D eigenvalue weighted by atomic mass is 32.1. The van der Waals surface area contributed by atoms with Gasteiger partial charge in [0.15, 0.2) is 17.3 Å². The lowest BCUT2D eigenvalue weighted by Gasteiger charge is -2.08. The minimum atomic E-state index is -0.137. The Labute approximate surface area is 221 Å². The van der Waals surface area contributed by atoms with Crippen LogP contribution >= 0.6 is 11.3 Å². The molecule has 0 fully saturated rings. The van der Waals surface area contributed by atoms with Gasteiger partial charge in [-0.3, -0.25) is 19.7 Å². The molecule has 0 aliphatic rings. The van der Waals surface area contributed by atoms with Crippen molar-refractivity contribution in [1.29, 1.82) is 0 Å². The molecule has 0 atom stereocenters. The molecule has 38 heavy (non-hydrogen) atoms. The summed E-state index contributed by atoms with van der Waals surface area (Å²) in [5, 5.41) is 10.4. The number of imidazole rings is 1. The molecule has 9 nitrogen and oxygen atoms in total. The van der Waals surface area contributed by atoms with Crippen molar-refractivity contribution in [1.82, 2.24) is 30.1 Å². The molecule has 0 unspecified atom stereocenters. The van der Waals surface area contributed by atoms with Gasteiger partial charge in [0.05, 0.1) is 39.0 Å². The van der Waals surface area contributed by atoms with Crippen molar-refractivity contribution >= 4 is 50.8 Å². The Hall–Kier alpha value is -4.70. The lowest BCUT2D eigenvalue weighted by atomic mass is 10.1. The van der Waals surface area contributed by atoms with Crippen LogP contribution in [0, 0.1) is 5.92 Å².